The molecule has 5 rings (SSSR count). The summed E-state index contributed by atoms with van der Waals surface area (Å²) >= 11 is 1.33. The third-order valence-electron chi connectivity index (χ3n) is 5.11. The highest BCUT2D eigenvalue weighted by Crippen LogP contribution is 2.41. The lowest BCUT2D eigenvalue weighted by molar-refractivity contribution is 0.599. The fourth-order valence-corrected chi connectivity index (χ4v) is 5.61. The van der Waals surface area contributed by atoms with Crippen LogP contribution < -0.4 is 10.5 Å². The molecule has 0 radical (unpaired) electrons. The molecule has 35 heavy (non-hydrogen) atoms. The lowest BCUT2D eigenvalue weighted by Crippen LogP contribution is -2.14. The Morgan fingerprint density at radius 1 is 0.857 bits per heavy atom. The summed E-state index contributed by atoms with van der Waals surface area (Å²) in [5, 5.41) is 0.655. The number of hydrogen-bond acceptors (Lipinski definition) is 7. The number of halogens is 1. The highest BCUT2D eigenvalue weighted by atomic mass is 32.2. The molecule has 3 aromatic carbocycles. The third-order valence-corrected chi connectivity index (χ3v) is 7.61. The smallest absolute Gasteiger partial charge is 0.261 e. The van der Waals surface area contributed by atoms with Gasteiger partial charge < -0.3 is 5.73 Å². The van der Waals surface area contributed by atoms with Crippen LogP contribution in [0.3, 0.4) is 0 Å². The molecule has 0 amide bonds. The maximum absolute atomic E-state index is 15.8. The van der Waals surface area contributed by atoms with Gasteiger partial charge in [-0.15, -0.1) is 11.3 Å². The number of thiazole rings is 1. The Hall–Kier alpha value is -4.15. The van der Waals surface area contributed by atoms with Crippen LogP contribution in [-0.4, -0.2) is 23.4 Å². The predicted octanol–water partition coefficient (Wildman–Crippen LogP) is 5.46. The van der Waals surface area contributed by atoms with Gasteiger partial charge in [-0.25, -0.2) is 27.8 Å². The fraction of sp³-hybridized carbons (Fsp3) is 0. The van der Waals surface area contributed by atoms with Crippen LogP contribution in [0.15, 0.2) is 96.0 Å². The van der Waals surface area contributed by atoms with Crippen molar-refractivity contribution < 1.29 is 12.8 Å². The van der Waals surface area contributed by atoms with E-state index in [0.717, 1.165) is 5.56 Å². The molecule has 3 N–H and O–H groups in total. The molecule has 10 heteroatoms. The Kier molecular flexibility index (Phi) is 5.98. The molecule has 0 bridgehead atoms. The molecule has 0 fully saturated rings. The zero-order valence-corrected chi connectivity index (χ0v) is 19.7. The second-order valence-corrected chi connectivity index (χ2v) is 10.1. The molecule has 0 saturated heterocycles. The predicted molar refractivity (Wildman–Crippen MR) is 136 cm³/mol. The van der Waals surface area contributed by atoms with Gasteiger partial charge in [-0.3, -0.25) is 4.72 Å². The Balaban J connectivity index is 1.64. The zero-order valence-electron chi connectivity index (χ0n) is 18.1. The van der Waals surface area contributed by atoms with Crippen molar-refractivity contribution in [3.8, 4) is 32.4 Å². The van der Waals surface area contributed by atoms with Gasteiger partial charge in [0.15, 0.2) is 5.82 Å². The Bertz CT molecular complexity index is 1610. The van der Waals surface area contributed by atoms with Gasteiger partial charge in [-0.05, 0) is 30.3 Å². The van der Waals surface area contributed by atoms with E-state index < -0.39 is 15.8 Å². The summed E-state index contributed by atoms with van der Waals surface area (Å²) in [7, 11) is -3.99. The maximum atomic E-state index is 15.8. The number of sulfonamides is 1. The molecule has 174 valence electrons. The number of rotatable bonds is 6. The van der Waals surface area contributed by atoms with Crippen molar-refractivity contribution in [2.75, 3.05) is 10.5 Å². The highest BCUT2D eigenvalue weighted by molar-refractivity contribution is 7.92. The molecule has 2 heterocycles. The van der Waals surface area contributed by atoms with E-state index in [2.05, 4.69) is 14.7 Å². The summed E-state index contributed by atoms with van der Waals surface area (Å²) in [5.74, 6) is -0.673. The van der Waals surface area contributed by atoms with Crippen LogP contribution in [0.1, 0.15) is 0 Å². The topological polar surface area (TPSA) is 111 Å². The summed E-state index contributed by atoms with van der Waals surface area (Å²) < 4.78 is 43.7. The monoisotopic (exact) mass is 503 g/mol. The molecule has 0 aliphatic rings. The van der Waals surface area contributed by atoms with E-state index in [-0.39, 0.29) is 22.1 Å². The van der Waals surface area contributed by atoms with Gasteiger partial charge in [0, 0.05) is 17.3 Å². The van der Waals surface area contributed by atoms with E-state index in [4.69, 9.17) is 10.7 Å². The van der Waals surface area contributed by atoms with Gasteiger partial charge in [-0.2, -0.15) is 0 Å². The van der Waals surface area contributed by atoms with E-state index in [1.807, 2.05) is 30.3 Å². The number of anilines is 2. The van der Waals surface area contributed by atoms with Crippen LogP contribution in [0.4, 0.5) is 16.0 Å². The SMILES string of the molecule is Nc1nccc(-c2sc(-c3ccccc3)nc2-c2cccc(NS(=O)(=O)c3ccccc3)c2F)n1. The summed E-state index contributed by atoms with van der Waals surface area (Å²) in [6.07, 6.45) is 1.52. The fourth-order valence-electron chi connectivity index (χ4n) is 3.48. The number of nitrogens with one attached hydrogen (secondary N) is 1. The first kappa shape index (κ1) is 22.6. The van der Waals surface area contributed by atoms with Crippen molar-refractivity contribution in [1.29, 1.82) is 0 Å². The summed E-state index contributed by atoms with van der Waals surface area (Å²) in [6.45, 7) is 0. The van der Waals surface area contributed by atoms with E-state index >= 15 is 4.39 Å². The number of nitrogens with two attached hydrogens (primary N) is 1. The summed E-state index contributed by atoms with van der Waals surface area (Å²) in [6, 6.07) is 23.4. The molecule has 2 aromatic heterocycles. The van der Waals surface area contributed by atoms with E-state index in [1.54, 1.807) is 36.4 Å². The van der Waals surface area contributed by atoms with Gasteiger partial charge in [-0.1, -0.05) is 54.6 Å². The largest absolute Gasteiger partial charge is 0.368 e. The summed E-state index contributed by atoms with van der Waals surface area (Å²) in [5.41, 5.74) is 7.40. The van der Waals surface area contributed by atoms with Gasteiger partial charge in [0.05, 0.1) is 26.8 Å². The lowest BCUT2D eigenvalue weighted by Gasteiger charge is -2.11. The van der Waals surface area contributed by atoms with Crippen molar-refractivity contribution in [2.24, 2.45) is 0 Å². The van der Waals surface area contributed by atoms with Crippen LogP contribution in [0.25, 0.3) is 32.4 Å². The third kappa shape index (κ3) is 4.61. The number of benzene rings is 3. The standard InChI is InChI=1S/C25H18FN5O2S2/c26-21-18(12-7-13-19(21)31-35(32,33)17-10-5-2-6-11-17)22-23(20-14-15-28-25(27)29-20)34-24(30-22)16-8-3-1-4-9-16/h1-15,31H,(H2,27,28,29). The van der Waals surface area contributed by atoms with Crippen molar-refractivity contribution in [1.82, 2.24) is 15.0 Å². The average molecular weight is 504 g/mol. The first-order valence-electron chi connectivity index (χ1n) is 10.4. The van der Waals surface area contributed by atoms with Gasteiger partial charge in [0.25, 0.3) is 10.0 Å². The number of nitrogen functional groups attached to an aromatic ring is 1. The minimum atomic E-state index is -3.99. The Morgan fingerprint density at radius 2 is 1.57 bits per heavy atom. The van der Waals surface area contributed by atoms with Crippen LogP contribution in [0.2, 0.25) is 0 Å². The van der Waals surface area contributed by atoms with Crippen molar-refractivity contribution in [2.45, 2.75) is 4.90 Å². The van der Waals surface area contributed by atoms with Crippen LogP contribution in [0.5, 0.6) is 0 Å². The number of hydrogen-bond donors (Lipinski definition) is 2. The second-order valence-electron chi connectivity index (χ2n) is 7.45. The molecule has 0 spiro atoms. The zero-order chi connectivity index (χ0) is 24.4. The molecule has 5 aromatic rings. The molecule has 0 aliphatic carbocycles. The average Bonchev–Trinajstić information content (AvgIpc) is 3.32. The minimum Gasteiger partial charge on any atom is -0.368 e. The molecule has 0 saturated carbocycles. The van der Waals surface area contributed by atoms with Crippen LogP contribution in [0, 0.1) is 5.82 Å². The number of nitrogens with zero attached hydrogens (tertiary/aromatic N) is 3. The molecule has 0 aliphatic heterocycles. The second kappa shape index (κ2) is 9.24. The van der Waals surface area contributed by atoms with E-state index in [1.165, 1.54) is 35.7 Å². The van der Waals surface area contributed by atoms with Crippen molar-refractivity contribution in [3.63, 3.8) is 0 Å². The van der Waals surface area contributed by atoms with Crippen molar-refractivity contribution >= 4 is 33.0 Å². The maximum Gasteiger partial charge on any atom is 0.261 e. The van der Waals surface area contributed by atoms with Gasteiger partial charge in [0.2, 0.25) is 5.95 Å². The summed E-state index contributed by atoms with van der Waals surface area (Å²) in [4.78, 5) is 13.6. The lowest BCUT2D eigenvalue weighted by atomic mass is 10.1. The Labute approximate surface area is 205 Å². The minimum absolute atomic E-state index is 0.0296. The molecule has 0 atom stereocenters. The normalized spacial score (nSPS) is 11.3. The van der Waals surface area contributed by atoms with Gasteiger partial charge >= 0.3 is 0 Å². The van der Waals surface area contributed by atoms with Crippen LogP contribution in [-0.2, 0) is 10.0 Å². The van der Waals surface area contributed by atoms with E-state index in [0.29, 0.717) is 21.3 Å². The first-order chi connectivity index (χ1) is 16.9. The Morgan fingerprint density at radius 3 is 2.29 bits per heavy atom. The van der Waals surface area contributed by atoms with Crippen molar-refractivity contribution in [3.05, 3.63) is 96.9 Å². The quantitative estimate of drug-likeness (QED) is 0.318. The number of aromatic nitrogens is 3. The van der Waals surface area contributed by atoms with Gasteiger partial charge in [0.1, 0.15) is 5.01 Å². The highest BCUT2D eigenvalue weighted by Gasteiger charge is 2.23. The molecular weight excluding hydrogens is 485 g/mol. The molecule has 7 nitrogen and oxygen atoms in total. The molecule has 0 unspecified atom stereocenters. The first-order valence-corrected chi connectivity index (χ1v) is 12.7. The molecular formula is C25H18FN5O2S2. The van der Waals surface area contributed by atoms with Crippen LogP contribution >= 0.6 is 11.3 Å². The van der Waals surface area contributed by atoms with E-state index in [9.17, 15) is 8.42 Å².